The summed E-state index contributed by atoms with van der Waals surface area (Å²) >= 11 is 0. The van der Waals surface area contributed by atoms with Crippen molar-refractivity contribution in [3.63, 3.8) is 0 Å². The summed E-state index contributed by atoms with van der Waals surface area (Å²) < 4.78 is 0. The first-order valence-electron chi connectivity index (χ1n) is 5.99. The molecule has 1 aromatic carbocycles. The lowest BCUT2D eigenvalue weighted by molar-refractivity contribution is 0.903. The molecule has 0 bridgehead atoms. The number of rotatable bonds is 3. The lowest BCUT2D eigenvalue weighted by atomic mass is 9.97. The quantitative estimate of drug-likeness (QED) is 0.803. The SMILES string of the molecule is Cc1ncc(CCc2c(C)cccc2C)cn1. The van der Waals surface area contributed by atoms with Gasteiger partial charge in [-0.05, 0) is 55.9 Å². The van der Waals surface area contributed by atoms with Crippen molar-refractivity contribution in [3.05, 3.63) is 58.7 Å². The molecule has 0 saturated carbocycles. The van der Waals surface area contributed by atoms with Crippen molar-refractivity contribution in [2.24, 2.45) is 0 Å². The van der Waals surface area contributed by atoms with Crippen LogP contribution < -0.4 is 0 Å². The third kappa shape index (κ3) is 2.90. The van der Waals surface area contributed by atoms with Crippen molar-refractivity contribution in [2.75, 3.05) is 0 Å². The second kappa shape index (κ2) is 5.09. The molecule has 0 aliphatic rings. The highest BCUT2D eigenvalue weighted by molar-refractivity contribution is 5.34. The normalized spacial score (nSPS) is 10.5. The minimum absolute atomic E-state index is 0.834. The van der Waals surface area contributed by atoms with E-state index in [0.717, 1.165) is 18.7 Å². The van der Waals surface area contributed by atoms with Gasteiger partial charge in [0.1, 0.15) is 5.82 Å². The van der Waals surface area contributed by atoms with Crippen molar-refractivity contribution in [1.29, 1.82) is 0 Å². The Labute approximate surface area is 103 Å². The Morgan fingerprint density at radius 1 is 0.882 bits per heavy atom. The summed E-state index contributed by atoms with van der Waals surface area (Å²) in [4.78, 5) is 8.45. The Morgan fingerprint density at radius 3 is 2.06 bits per heavy atom. The van der Waals surface area contributed by atoms with Gasteiger partial charge in [-0.3, -0.25) is 0 Å². The van der Waals surface area contributed by atoms with Gasteiger partial charge in [0, 0.05) is 12.4 Å². The van der Waals surface area contributed by atoms with E-state index in [1.54, 1.807) is 0 Å². The number of benzene rings is 1. The van der Waals surface area contributed by atoms with Gasteiger partial charge in [-0.15, -0.1) is 0 Å². The first kappa shape index (κ1) is 11.8. The van der Waals surface area contributed by atoms with E-state index < -0.39 is 0 Å². The molecular weight excluding hydrogens is 208 g/mol. The fourth-order valence-corrected chi connectivity index (χ4v) is 2.06. The largest absolute Gasteiger partial charge is 0.241 e. The molecule has 0 aliphatic heterocycles. The fraction of sp³-hybridized carbons (Fsp3) is 0.333. The van der Waals surface area contributed by atoms with Crippen LogP contribution in [0.25, 0.3) is 0 Å². The van der Waals surface area contributed by atoms with Crippen LogP contribution in [0.3, 0.4) is 0 Å². The summed E-state index contributed by atoms with van der Waals surface area (Å²) in [6, 6.07) is 6.46. The summed E-state index contributed by atoms with van der Waals surface area (Å²) in [6.45, 7) is 6.26. The lowest BCUT2D eigenvalue weighted by Gasteiger charge is -2.09. The van der Waals surface area contributed by atoms with E-state index in [1.165, 1.54) is 22.3 Å². The average molecular weight is 226 g/mol. The standard InChI is InChI=1S/C15H18N2/c1-11-5-4-6-12(2)15(11)8-7-14-9-16-13(3)17-10-14/h4-6,9-10H,7-8H2,1-3H3. The summed E-state index contributed by atoms with van der Waals surface area (Å²) in [5.74, 6) is 0.834. The van der Waals surface area contributed by atoms with Crippen molar-refractivity contribution < 1.29 is 0 Å². The van der Waals surface area contributed by atoms with Gasteiger partial charge in [0.25, 0.3) is 0 Å². The van der Waals surface area contributed by atoms with Gasteiger partial charge in [-0.2, -0.15) is 0 Å². The maximum absolute atomic E-state index is 4.23. The molecule has 0 fully saturated rings. The monoisotopic (exact) mass is 226 g/mol. The highest BCUT2D eigenvalue weighted by Gasteiger charge is 2.03. The maximum Gasteiger partial charge on any atom is 0.125 e. The number of aromatic nitrogens is 2. The summed E-state index contributed by atoms with van der Waals surface area (Å²) in [6.07, 6.45) is 5.92. The van der Waals surface area contributed by atoms with Gasteiger partial charge >= 0.3 is 0 Å². The molecule has 0 N–H and O–H groups in total. The number of nitrogens with zero attached hydrogens (tertiary/aromatic N) is 2. The Balaban J connectivity index is 2.10. The third-order valence-corrected chi connectivity index (χ3v) is 3.14. The lowest BCUT2D eigenvalue weighted by Crippen LogP contribution is -1.98. The third-order valence-electron chi connectivity index (χ3n) is 3.14. The van der Waals surface area contributed by atoms with E-state index in [1.807, 2.05) is 19.3 Å². The Bertz CT molecular complexity index is 481. The minimum Gasteiger partial charge on any atom is -0.241 e. The van der Waals surface area contributed by atoms with Crippen molar-refractivity contribution in [1.82, 2.24) is 9.97 Å². The molecule has 0 amide bonds. The predicted octanol–water partition coefficient (Wildman–Crippen LogP) is 3.19. The van der Waals surface area contributed by atoms with Gasteiger partial charge in [0.2, 0.25) is 0 Å². The molecule has 0 unspecified atom stereocenters. The van der Waals surface area contributed by atoms with E-state index in [2.05, 4.69) is 42.0 Å². The summed E-state index contributed by atoms with van der Waals surface area (Å²) in [5.41, 5.74) is 5.40. The van der Waals surface area contributed by atoms with Gasteiger partial charge in [-0.1, -0.05) is 18.2 Å². The summed E-state index contributed by atoms with van der Waals surface area (Å²) in [7, 11) is 0. The van der Waals surface area contributed by atoms with Gasteiger partial charge in [0.15, 0.2) is 0 Å². The fourth-order valence-electron chi connectivity index (χ4n) is 2.06. The molecule has 0 radical (unpaired) electrons. The smallest absolute Gasteiger partial charge is 0.125 e. The first-order valence-corrected chi connectivity index (χ1v) is 5.99. The van der Waals surface area contributed by atoms with E-state index in [-0.39, 0.29) is 0 Å². The van der Waals surface area contributed by atoms with Crippen LogP contribution in [0, 0.1) is 20.8 Å². The molecular formula is C15H18N2. The minimum atomic E-state index is 0.834. The second-order valence-electron chi connectivity index (χ2n) is 4.51. The molecule has 2 nitrogen and oxygen atoms in total. The van der Waals surface area contributed by atoms with E-state index in [9.17, 15) is 0 Å². The number of aryl methyl sites for hydroxylation is 4. The van der Waals surface area contributed by atoms with E-state index in [0.29, 0.717) is 0 Å². The molecule has 88 valence electrons. The Kier molecular flexibility index (Phi) is 3.52. The molecule has 0 saturated heterocycles. The van der Waals surface area contributed by atoms with Gasteiger partial charge in [0.05, 0.1) is 0 Å². The van der Waals surface area contributed by atoms with Crippen molar-refractivity contribution >= 4 is 0 Å². The number of hydrogen-bond acceptors (Lipinski definition) is 2. The van der Waals surface area contributed by atoms with Crippen LogP contribution in [0.5, 0.6) is 0 Å². The van der Waals surface area contributed by atoms with Crippen LogP contribution >= 0.6 is 0 Å². The molecule has 2 heteroatoms. The van der Waals surface area contributed by atoms with E-state index >= 15 is 0 Å². The van der Waals surface area contributed by atoms with Crippen LogP contribution in [0.15, 0.2) is 30.6 Å². The second-order valence-corrected chi connectivity index (χ2v) is 4.51. The van der Waals surface area contributed by atoms with Crippen LogP contribution in [-0.4, -0.2) is 9.97 Å². The summed E-state index contributed by atoms with van der Waals surface area (Å²) in [5, 5.41) is 0. The molecule has 1 heterocycles. The molecule has 17 heavy (non-hydrogen) atoms. The van der Waals surface area contributed by atoms with E-state index in [4.69, 9.17) is 0 Å². The molecule has 2 rings (SSSR count). The highest BCUT2D eigenvalue weighted by atomic mass is 14.8. The van der Waals surface area contributed by atoms with Crippen LogP contribution in [-0.2, 0) is 12.8 Å². The van der Waals surface area contributed by atoms with Crippen LogP contribution in [0.2, 0.25) is 0 Å². The predicted molar refractivity (Wildman–Crippen MR) is 70.1 cm³/mol. The zero-order chi connectivity index (χ0) is 12.3. The molecule has 0 aliphatic carbocycles. The van der Waals surface area contributed by atoms with Crippen LogP contribution in [0.4, 0.5) is 0 Å². The maximum atomic E-state index is 4.23. The molecule has 1 aromatic heterocycles. The van der Waals surface area contributed by atoms with Gasteiger partial charge in [-0.25, -0.2) is 9.97 Å². The first-order chi connectivity index (χ1) is 8.16. The van der Waals surface area contributed by atoms with Crippen LogP contribution in [0.1, 0.15) is 28.1 Å². The highest BCUT2D eigenvalue weighted by Crippen LogP contribution is 2.15. The topological polar surface area (TPSA) is 25.8 Å². The van der Waals surface area contributed by atoms with Crippen molar-refractivity contribution in [3.8, 4) is 0 Å². The molecule has 2 aromatic rings. The Morgan fingerprint density at radius 2 is 1.47 bits per heavy atom. The number of hydrogen-bond donors (Lipinski definition) is 0. The average Bonchev–Trinajstić information content (AvgIpc) is 2.31. The zero-order valence-electron chi connectivity index (χ0n) is 10.7. The zero-order valence-corrected chi connectivity index (χ0v) is 10.7. The van der Waals surface area contributed by atoms with Crippen molar-refractivity contribution in [2.45, 2.75) is 33.6 Å². The molecule has 0 spiro atoms. The van der Waals surface area contributed by atoms with Gasteiger partial charge < -0.3 is 0 Å². The Hall–Kier alpha value is -1.70. The molecule has 0 atom stereocenters.